The number of aromatic nitrogens is 2. The van der Waals surface area contributed by atoms with Crippen molar-refractivity contribution in [2.75, 3.05) is 20.1 Å². The van der Waals surface area contributed by atoms with E-state index in [4.69, 9.17) is 4.42 Å². The van der Waals surface area contributed by atoms with Gasteiger partial charge >= 0.3 is 0 Å². The van der Waals surface area contributed by atoms with Gasteiger partial charge in [-0.05, 0) is 56.8 Å². The number of piperidine rings is 1. The first-order valence-corrected chi connectivity index (χ1v) is 10.5. The van der Waals surface area contributed by atoms with Crippen LogP contribution >= 0.6 is 0 Å². The SMILES string of the molecule is CN(Cc1cc2ccccc2o1)[C@H]1C[C@H]2CCN(Cc3cnn(C)c3)C[C@H]2C1. The smallest absolute Gasteiger partial charge is 0.134 e. The topological polar surface area (TPSA) is 37.4 Å². The molecule has 0 N–H and O–H groups in total. The third-order valence-electron chi connectivity index (χ3n) is 6.79. The first kappa shape index (κ1) is 18.0. The van der Waals surface area contributed by atoms with Crippen molar-refractivity contribution in [2.45, 2.75) is 38.4 Å². The summed E-state index contributed by atoms with van der Waals surface area (Å²) >= 11 is 0. The fraction of sp³-hybridized carbons (Fsp3) is 0.522. The molecule has 0 bridgehead atoms. The van der Waals surface area contributed by atoms with Crippen LogP contribution in [0.3, 0.4) is 0 Å². The van der Waals surface area contributed by atoms with Gasteiger partial charge in [-0.15, -0.1) is 0 Å². The third-order valence-corrected chi connectivity index (χ3v) is 6.79. The number of para-hydroxylation sites is 1. The quantitative estimate of drug-likeness (QED) is 0.675. The first-order valence-electron chi connectivity index (χ1n) is 10.5. The zero-order chi connectivity index (χ0) is 19.1. The summed E-state index contributed by atoms with van der Waals surface area (Å²) in [6, 6.07) is 11.2. The molecule has 3 heterocycles. The van der Waals surface area contributed by atoms with Crippen LogP contribution in [-0.2, 0) is 20.1 Å². The predicted octanol–water partition coefficient (Wildman–Crippen LogP) is 3.90. The molecule has 1 saturated heterocycles. The lowest BCUT2D eigenvalue weighted by molar-refractivity contribution is 0.132. The highest BCUT2D eigenvalue weighted by Crippen LogP contribution is 2.40. The zero-order valence-electron chi connectivity index (χ0n) is 16.9. The second kappa shape index (κ2) is 7.37. The molecule has 0 spiro atoms. The molecule has 2 aromatic heterocycles. The molecular weight excluding hydrogens is 348 g/mol. The summed E-state index contributed by atoms with van der Waals surface area (Å²) in [5.41, 5.74) is 2.33. The van der Waals surface area contributed by atoms with Crippen LogP contribution in [0.2, 0.25) is 0 Å². The van der Waals surface area contributed by atoms with Gasteiger partial charge in [-0.3, -0.25) is 14.5 Å². The summed E-state index contributed by atoms with van der Waals surface area (Å²) in [4.78, 5) is 5.14. The van der Waals surface area contributed by atoms with Gasteiger partial charge in [0.05, 0.1) is 12.7 Å². The number of furan rings is 1. The zero-order valence-corrected chi connectivity index (χ0v) is 16.9. The van der Waals surface area contributed by atoms with Gasteiger partial charge in [0, 0.05) is 43.3 Å². The lowest BCUT2D eigenvalue weighted by atomic mass is 9.88. The predicted molar refractivity (Wildman–Crippen MR) is 111 cm³/mol. The molecule has 1 saturated carbocycles. The number of nitrogens with zero attached hydrogens (tertiary/aromatic N) is 4. The lowest BCUT2D eigenvalue weighted by Gasteiger charge is -2.34. The third kappa shape index (κ3) is 3.61. The van der Waals surface area contributed by atoms with E-state index >= 15 is 0 Å². The van der Waals surface area contributed by atoms with E-state index in [1.807, 2.05) is 24.0 Å². The highest BCUT2D eigenvalue weighted by atomic mass is 16.3. The van der Waals surface area contributed by atoms with E-state index < -0.39 is 0 Å². The Morgan fingerprint density at radius 1 is 1.21 bits per heavy atom. The van der Waals surface area contributed by atoms with Gasteiger partial charge < -0.3 is 4.42 Å². The minimum atomic E-state index is 0.668. The van der Waals surface area contributed by atoms with Crippen LogP contribution in [0.5, 0.6) is 0 Å². The van der Waals surface area contributed by atoms with E-state index in [-0.39, 0.29) is 0 Å². The maximum Gasteiger partial charge on any atom is 0.134 e. The van der Waals surface area contributed by atoms with Crippen LogP contribution < -0.4 is 0 Å². The van der Waals surface area contributed by atoms with Crippen LogP contribution in [0.4, 0.5) is 0 Å². The van der Waals surface area contributed by atoms with Crippen molar-refractivity contribution in [3.8, 4) is 0 Å². The Kier molecular flexibility index (Phi) is 4.73. The number of hydrogen-bond acceptors (Lipinski definition) is 4. The number of likely N-dealkylation sites (tertiary alicyclic amines) is 1. The lowest BCUT2D eigenvalue weighted by Crippen LogP contribution is -2.37. The van der Waals surface area contributed by atoms with Crippen molar-refractivity contribution in [3.63, 3.8) is 0 Å². The highest BCUT2D eigenvalue weighted by molar-refractivity contribution is 5.77. The standard InChI is InChI=1S/C23H30N4O/c1-25(16-22-11-19-5-3-4-6-23(19)28-22)21-9-18-7-8-27(15-20(18)10-21)14-17-12-24-26(2)13-17/h3-6,11-13,18,20-21H,7-10,14-16H2,1-2H3/t18-,20-,21+/m1/s1. The van der Waals surface area contributed by atoms with Gasteiger partial charge in [0.15, 0.2) is 0 Å². The van der Waals surface area contributed by atoms with Gasteiger partial charge in [-0.25, -0.2) is 0 Å². The second-order valence-corrected chi connectivity index (χ2v) is 8.86. The Morgan fingerprint density at radius 3 is 2.89 bits per heavy atom. The number of benzene rings is 1. The van der Waals surface area contributed by atoms with Crippen molar-refractivity contribution in [1.29, 1.82) is 0 Å². The maximum absolute atomic E-state index is 6.04. The fourth-order valence-electron chi connectivity index (χ4n) is 5.33. The molecule has 0 unspecified atom stereocenters. The normalized spacial score (nSPS) is 25.6. The first-order chi connectivity index (χ1) is 13.6. The highest BCUT2D eigenvalue weighted by Gasteiger charge is 2.39. The van der Waals surface area contributed by atoms with Crippen LogP contribution in [0, 0.1) is 11.8 Å². The number of hydrogen-bond donors (Lipinski definition) is 0. The van der Waals surface area contributed by atoms with Gasteiger partial charge in [0.1, 0.15) is 11.3 Å². The molecular formula is C23H30N4O. The van der Waals surface area contributed by atoms with Gasteiger partial charge in [0.25, 0.3) is 0 Å². The van der Waals surface area contributed by atoms with E-state index in [1.165, 1.54) is 43.3 Å². The molecule has 2 fully saturated rings. The van der Waals surface area contributed by atoms with Crippen LogP contribution in [0.15, 0.2) is 47.1 Å². The van der Waals surface area contributed by atoms with E-state index in [0.717, 1.165) is 36.3 Å². The molecule has 148 valence electrons. The van der Waals surface area contributed by atoms with Crippen molar-refractivity contribution >= 4 is 11.0 Å². The minimum Gasteiger partial charge on any atom is -0.460 e. The maximum atomic E-state index is 6.04. The molecule has 2 aliphatic rings. The summed E-state index contributed by atoms with van der Waals surface area (Å²) in [6.07, 6.45) is 8.13. The molecule has 5 heteroatoms. The van der Waals surface area contributed by atoms with Crippen molar-refractivity contribution in [2.24, 2.45) is 18.9 Å². The van der Waals surface area contributed by atoms with E-state index in [9.17, 15) is 0 Å². The molecule has 5 rings (SSSR count). The molecule has 1 aromatic carbocycles. The summed E-state index contributed by atoms with van der Waals surface area (Å²) in [5.74, 6) is 2.79. The Bertz CT molecular complexity index is 912. The van der Waals surface area contributed by atoms with Crippen molar-refractivity contribution < 1.29 is 4.42 Å². The van der Waals surface area contributed by atoms with Crippen molar-refractivity contribution in [3.05, 3.63) is 54.0 Å². The molecule has 28 heavy (non-hydrogen) atoms. The fourth-order valence-corrected chi connectivity index (χ4v) is 5.33. The van der Waals surface area contributed by atoms with Gasteiger partial charge in [-0.2, -0.15) is 5.10 Å². The average Bonchev–Trinajstić information content (AvgIpc) is 3.38. The summed E-state index contributed by atoms with van der Waals surface area (Å²) in [5, 5.41) is 5.52. The van der Waals surface area contributed by atoms with Gasteiger partial charge in [0.2, 0.25) is 0 Å². The summed E-state index contributed by atoms with van der Waals surface area (Å²) < 4.78 is 7.95. The summed E-state index contributed by atoms with van der Waals surface area (Å²) in [6.45, 7) is 4.39. The monoisotopic (exact) mass is 378 g/mol. The largest absolute Gasteiger partial charge is 0.460 e. The van der Waals surface area contributed by atoms with E-state index in [2.05, 4.69) is 52.4 Å². The van der Waals surface area contributed by atoms with Crippen LogP contribution in [0.25, 0.3) is 11.0 Å². The number of fused-ring (bicyclic) bond motifs is 2. The number of rotatable bonds is 5. The Labute approximate surface area is 166 Å². The molecule has 1 aliphatic heterocycles. The molecule has 0 radical (unpaired) electrons. The van der Waals surface area contributed by atoms with E-state index in [1.54, 1.807) is 0 Å². The minimum absolute atomic E-state index is 0.668. The van der Waals surface area contributed by atoms with E-state index in [0.29, 0.717) is 6.04 Å². The number of aryl methyl sites for hydroxylation is 1. The molecule has 5 nitrogen and oxygen atoms in total. The Morgan fingerprint density at radius 2 is 2.07 bits per heavy atom. The van der Waals surface area contributed by atoms with Crippen LogP contribution in [-0.4, -0.2) is 45.8 Å². The summed E-state index contributed by atoms with van der Waals surface area (Å²) in [7, 11) is 4.26. The molecule has 0 amide bonds. The van der Waals surface area contributed by atoms with Gasteiger partial charge in [-0.1, -0.05) is 18.2 Å². The molecule has 1 aliphatic carbocycles. The average molecular weight is 379 g/mol. The van der Waals surface area contributed by atoms with Crippen LogP contribution in [0.1, 0.15) is 30.6 Å². The second-order valence-electron chi connectivity index (χ2n) is 8.86. The Hall–Kier alpha value is -2.11. The molecule has 3 aromatic rings. The Balaban J connectivity index is 1.19. The van der Waals surface area contributed by atoms with Crippen molar-refractivity contribution in [1.82, 2.24) is 19.6 Å². The molecule has 3 atom stereocenters.